The van der Waals surface area contributed by atoms with E-state index in [4.69, 9.17) is 4.74 Å². The lowest BCUT2D eigenvalue weighted by molar-refractivity contribution is -0.121. The smallest absolute Gasteiger partial charge is 0.224 e. The molecule has 138 valence electrons. The molecule has 1 unspecified atom stereocenters. The fraction of sp³-hybridized carbons (Fsp3) is 0.381. The molecule has 5 heteroatoms. The molecule has 0 aliphatic carbocycles. The molecule has 1 heterocycles. The van der Waals surface area contributed by atoms with Crippen LogP contribution in [0.4, 0.5) is 0 Å². The average Bonchev–Trinajstić information content (AvgIpc) is 2.65. The number of hydrogen-bond acceptors (Lipinski definition) is 3. The summed E-state index contributed by atoms with van der Waals surface area (Å²) in [6, 6.07) is 16.3. The fourth-order valence-corrected chi connectivity index (χ4v) is 3.37. The number of carbonyl (C=O) groups is 1. The normalized spacial score (nSPS) is 16.2. The van der Waals surface area contributed by atoms with Crippen molar-refractivity contribution in [2.24, 2.45) is 0 Å². The first-order chi connectivity index (χ1) is 12.6. The number of carbonyl (C=O) groups excluding carboxylic acids is 1. The van der Waals surface area contributed by atoms with Crippen molar-refractivity contribution in [2.75, 3.05) is 32.8 Å². The standard InChI is InChI=1S/C21H25BrN2O2/c1-16-2-6-18(7-3-16)20(15-24-10-12-26-13-11-24)23-21(25)14-17-4-8-19(22)9-5-17/h2-9,20H,10-15H2,1H3,(H,23,25). The van der Waals surface area contributed by atoms with Crippen LogP contribution >= 0.6 is 15.9 Å². The maximum atomic E-state index is 12.6. The monoisotopic (exact) mass is 416 g/mol. The molecule has 3 rings (SSSR count). The van der Waals surface area contributed by atoms with Gasteiger partial charge in [-0.2, -0.15) is 0 Å². The molecule has 1 aliphatic heterocycles. The van der Waals surface area contributed by atoms with Crippen molar-refractivity contribution in [3.8, 4) is 0 Å². The quantitative estimate of drug-likeness (QED) is 0.783. The number of nitrogens with zero attached hydrogens (tertiary/aromatic N) is 1. The predicted octanol–water partition coefficient (Wildman–Crippen LogP) is 3.49. The zero-order chi connectivity index (χ0) is 18.4. The molecule has 1 aliphatic rings. The van der Waals surface area contributed by atoms with E-state index in [9.17, 15) is 4.79 Å². The van der Waals surface area contributed by atoms with Gasteiger partial charge in [0.1, 0.15) is 0 Å². The van der Waals surface area contributed by atoms with Crippen LogP contribution in [0.25, 0.3) is 0 Å². The lowest BCUT2D eigenvalue weighted by Crippen LogP contribution is -2.43. The van der Waals surface area contributed by atoms with E-state index in [0.717, 1.165) is 48.4 Å². The van der Waals surface area contributed by atoms with Crippen molar-refractivity contribution < 1.29 is 9.53 Å². The number of halogens is 1. The summed E-state index contributed by atoms with van der Waals surface area (Å²) in [5.41, 5.74) is 3.38. The Balaban J connectivity index is 1.68. The highest BCUT2D eigenvalue weighted by molar-refractivity contribution is 9.10. The lowest BCUT2D eigenvalue weighted by atomic mass is 10.0. The first-order valence-corrected chi connectivity index (χ1v) is 9.80. The molecule has 0 spiro atoms. The maximum Gasteiger partial charge on any atom is 0.224 e. The van der Waals surface area contributed by atoms with E-state index in [-0.39, 0.29) is 11.9 Å². The number of ether oxygens (including phenoxy) is 1. The van der Waals surface area contributed by atoms with Gasteiger partial charge in [-0.3, -0.25) is 9.69 Å². The Morgan fingerprint density at radius 1 is 1.12 bits per heavy atom. The Kier molecular flexibility index (Phi) is 6.83. The number of morpholine rings is 1. The molecule has 1 saturated heterocycles. The molecule has 1 atom stereocenters. The van der Waals surface area contributed by atoms with E-state index >= 15 is 0 Å². The molecule has 2 aromatic carbocycles. The van der Waals surface area contributed by atoms with Crippen LogP contribution in [-0.4, -0.2) is 43.7 Å². The first-order valence-electron chi connectivity index (χ1n) is 9.00. The van der Waals surface area contributed by atoms with Gasteiger partial charge in [-0.15, -0.1) is 0 Å². The van der Waals surface area contributed by atoms with Gasteiger partial charge < -0.3 is 10.1 Å². The lowest BCUT2D eigenvalue weighted by Gasteiger charge is -2.31. The minimum atomic E-state index is -0.0170. The van der Waals surface area contributed by atoms with Crippen LogP contribution in [-0.2, 0) is 16.0 Å². The average molecular weight is 417 g/mol. The van der Waals surface area contributed by atoms with E-state index < -0.39 is 0 Å². The summed E-state index contributed by atoms with van der Waals surface area (Å²) >= 11 is 3.43. The van der Waals surface area contributed by atoms with Gasteiger partial charge in [0, 0.05) is 24.1 Å². The van der Waals surface area contributed by atoms with Crippen LogP contribution in [0.15, 0.2) is 53.0 Å². The molecule has 4 nitrogen and oxygen atoms in total. The molecule has 2 aromatic rings. The molecule has 0 aromatic heterocycles. The fourth-order valence-electron chi connectivity index (χ4n) is 3.11. The molecular weight excluding hydrogens is 392 g/mol. The molecule has 26 heavy (non-hydrogen) atoms. The third-order valence-electron chi connectivity index (χ3n) is 4.64. The molecular formula is C21H25BrN2O2. The summed E-state index contributed by atoms with van der Waals surface area (Å²) in [5.74, 6) is 0.0474. The maximum absolute atomic E-state index is 12.6. The van der Waals surface area contributed by atoms with Crippen molar-refractivity contribution >= 4 is 21.8 Å². The number of aryl methyl sites for hydroxylation is 1. The molecule has 1 N–H and O–H groups in total. The van der Waals surface area contributed by atoms with Gasteiger partial charge in [-0.25, -0.2) is 0 Å². The predicted molar refractivity (Wildman–Crippen MR) is 107 cm³/mol. The minimum absolute atomic E-state index is 0.0170. The van der Waals surface area contributed by atoms with Gasteiger partial charge in [0.05, 0.1) is 25.7 Å². The summed E-state index contributed by atoms with van der Waals surface area (Å²) in [7, 11) is 0. The summed E-state index contributed by atoms with van der Waals surface area (Å²) < 4.78 is 6.46. The van der Waals surface area contributed by atoms with Crippen LogP contribution < -0.4 is 5.32 Å². The number of rotatable bonds is 6. The van der Waals surface area contributed by atoms with Crippen LogP contribution in [0.1, 0.15) is 22.7 Å². The van der Waals surface area contributed by atoms with Crippen molar-refractivity contribution in [2.45, 2.75) is 19.4 Å². The molecule has 1 amide bonds. The van der Waals surface area contributed by atoms with E-state index in [1.807, 2.05) is 24.3 Å². The van der Waals surface area contributed by atoms with Gasteiger partial charge >= 0.3 is 0 Å². The Morgan fingerprint density at radius 2 is 1.77 bits per heavy atom. The van der Waals surface area contributed by atoms with E-state index in [1.165, 1.54) is 5.56 Å². The summed E-state index contributed by atoms with van der Waals surface area (Å²) in [4.78, 5) is 15.0. The zero-order valence-corrected chi connectivity index (χ0v) is 16.7. The number of hydrogen-bond donors (Lipinski definition) is 1. The van der Waals surface area contributed by atoms with E-state index in [2.05, 4.69) is 57.3 Å². The van der Waals surface area contributed by atoms with Crippen LogP contribution in [0.5, 0.6) is 0 Å². The second-order valence-corrected chi connectivity index (χ2v) is 7.66. The minimum Gasteiger partial charge on any atom is -0.379 e. The molecule has 0 saturated carbocycles. The summed E-state index contributed by atoms with van der Waals surface area (Å²) in [5, 5.41) is 3.23. The Hall–Kier alpha value is -1.69. The summed E-state index contributed by atoms with van der Waals surface area (Å²) in [6.45, 7) is 6.21. The van der Waals surface area contributed by atoms with Crippen molar-refractivity contribution in [1.29, 1.82) is 0 Å². The highest BCUT2D eigenvalue weighted by Crippen LogP contribution is 2.17. The molecule has 0 bridgehead atoms. The van der Waals surface area contributed by atoms with Crippen LogP contribution in [0.2, 0.25) is 0 Å². The topological polar surface area (TPSA) is 41.6 Å². The molecule has 1 fully saturated rings. The van der Waals surface area contributed by atoms with Gasteiger partial charge in [-0.05, 0) is 30.2 Å². The van der Waals surface area contributed by atoms with Crippen molar-refractivity contribution in [3.05, 3.63) is 69.7 Å². The highest BCUT2D eigenvalue weighted by Gasteiger charge is 2.20. The summed E-state index contributed by atoms with van der Waals surface area (Å²) in [6.07, 6.45) is 0.388. The Bertz CT molecular complexity index is 710. The first kappa shape index (κ1) is 19.1. The van der Waals surface area contributed by atoms with Gasteiger partial charge in [-0.1, -0.05) is 57.9 Å². The van der Waals surface area contributed by atoms with E-state index in [0.29, 0.717) is 6.42 Å². The van der Waals surface area contributed by atoms with Crippen LogP contribution in [0.3, 0.4) is 0 Å². The molecule has 0 radical (unpaired) electrons. The Morgan fingerprint density at radius 3 is 2.42 bits per heavy atom. The highest BCUT2D eigenvalue weighted by atomic mass is 79.9. The zero-order valence-electron chi connectivity index (χ0n) is 15.1. The van der Waals surface area contributed by atoms with Crippen LogP contribution in [0, 0.1) is 6.92 Å². The third-order valence-corrected chi connectivity index (χ3v) is 5.17. The number of amides is 1. The number of nitrogens with one attached hydrogen (secondary N) is 1. The van der Waals surface area contributed by atoms with Gasteiger partial charge in [0.25, 0.3) is 0 Å². The van der Waals surface area contributed by atoms with Gasteiger partial charge in [0.15, 0.2) is 0 Å². The SMILES string of the molecule is Cc1ccc(C(CN2CCOCC2)NC(=O)Cc2ccc(Br)cc2)cc1. The van der Waals surface area contributed by atoms with Crippen molar-refractivity contribution in [1.82, 2.24) is 10.2 Å². The van der Waals surface area contributed by atoms with Gasteiger partial charge in [0.2, 0.25) is 5.91 Å². The van der Waals surface area contributed by atoms with E-state index in [1.54, 1.807) is 0 Å². The Labute approximate surface area is 163 Å². The number of benzene rings is 2. The second-order valence-electron chi connectivity index (χ2n) is 6.75. The van der Waals surface area contributed by atoms with Crippen molar-refractivity contribution in [3.63, 3.8) is 0 Å². The second kappa shape index (κ2) is 9.31. The third kappa shape index (κ3) is 5.66. The largest absolute Gasteiger partial charge is 0.379 e.